The molecule has 5 nitrogen and oxygen atoms in total. The van der Waals surface area contributed by atoms with Crippen molar-refractivity contribution < 1.29 is 13.2 Å². The van der Waals surface area contributed by atoms with E-state index in [2.05, 4.69) is 5.32 Å². The van der Waals surface area contributed by atoms with Gasteiger partial charge in [-0.1, -0.05) is 37.0 Å². The van der Waals surface area contributed by atoms with E-state index >= 15 is 0 Å². The highest BCUT2D eigenvalue weighted by molar-refractivity contribution is 7.92. The van der Waals surface area contributed by atoms with Gasteiger partial charge >= 0.3 is 0 Å². The van der Waals surface area contributed by atoms with Crippen LogP contribution in [0.5, 0.6) is 0 Å². The van der Waals surface area contributed by atoms with Gasteiger partial charge in [0.2, 0.25) is 15.9 Å². The Bertz CT molecular complexity index is 613. The number of benzene rings is 1. The lowest BCUT2D eigenvalue weighted by atomic mass is 10.1. The first kappa shape index (κ1) is 19.1. The van der Waals surface area contributed by atoms with Crippen molar-refractivity contribution in [2.24, 2.45) is 5.92 Å². The number of nitrogens with one attached hydrogen (secondary N) is 1. The predicted molar refractivity (Wildman–Crippen MR) is 91.1 cm³/mol. The number of hydrogen-bond acceptors (Lipinski definition) is 3. The fraction of sp³-hybridized carbons (Fsp3) is 0.500. The summed E-state index contributed by atoms with van der Waals surface area (Å²) in [5.74, 6) is 0.144. The molecule has 8 heteroatoms. The van der Waals surface area contributed by atoms with Crippen molar-refractivity contribution in [2.45, 2.75) is 20.3 Å². The number of sulfonamides is 1. The topological polar surface area (TPSA) is 66.5 Å². The molecule has 0 bridgehead atoms. The predicted octanol–water partition coefficient (Wildman–Crippen LogP) is 2.92. The SMILES string of the molecule is CC(C)CC(=O)NCCN(c1cc(Cl)cc(Cl)c1)S(C)(=O)=O. The molecule has 22 heavy (non-hydrogen) atoms. The zero-order valence-electron chi connectivity index (χ0n) is 12.8. The number of rotatable bonds is 7. The van der Waals surface area contributed by atoms with Gasteiger partial charge < -0.3 is 5.32 Å². The van der Waals surface area contributed by atoms with Crippen molar-refractivity contribution >= 4 is 44.8 Å². The molecule has 1 amide bonds. The zero-order valence-corrected chi connectivity index (χ0v) is 15.1. The first-order chi connectivity index (χ1) is 10.1. The van der Waals surface area contributed by atoms with Gasteiger partial charge in [-0.15, -0.1) is 0 Å². The van der Waals surface area contributed by atoms with Gasteiger partial charge in [0, 0.05) is 23.0 Å². The molecular formula is C14H20Cl2N2O3S. The normalized spacial score (nSPS) is 11.5. The van der Waals surface area contributed by atoms with Crippen molar-refractivity contribution in [3.05, 3.63) is 28.2 Å². The molecule has 0 aliphatic rings. The minimum Gasteiger partial charge on any atom is -0.354 e. The van der Waals surface area contributed by atoms with E-state index in [9.17, 15) is 13.2 Å². The van der Waals surface area contributed by atoms with Crippen LogP contribution < -0.4 is 9.62 Å². The summed E-state index contributed by atoms with van der Waals surface area (Å²) in [4.78, 5) is 11.6. The second-order valence-corrected chi connectivity index (χ2v) is 8.19. The summed E-state index contributed by atoms with van der Waals surface area (Å²) >= 11 is 11.8. The van der Waals surface area contributed by atoms with Crippen LogP contribution >= 0.6 is 23.2 Å². The molecule has 0 heterocycles. The van der Waals surface area contributed by atoms with Crippen molar-refractivity contribution in [3.63, 3.8) is 0 Å². The van der Waals surface area contributed by atoms with Gasteiger partial charge in [-0.05, 0) is 24.1 Å². The number of hydrogen-bond donors (Lipinski definition) is 1. The summed E-state index contributed by atoms with van der Waals surface area (Å²) in [6, 6.07) is 4.56. The van der Waals surface area contributed by atoms with Gasteiger partial charge in [0.1, 0.15) is 0 Å². The lowest BCUT2D eigenvalue weighted by Crippen LogP contribution is -2.38. The molecule has 0 aliphatic heterocycles. The highest BCUT2D eigenvalue weighted by atomic mass is 35.5. The van der Waals surface area contributed by atoms with Crippen molar-refractivity contribution in [1.82, 2.24) is 5.32 Å². The quantitative estimate of drug-likeness (QED) is 0.806. The summed E-state index contributed by atoms with van der Waals surface area (Å²) in [5.41, 5.74) is 0.373. The minimum atomic E-state index is -3.51. The van der Waals surface area contributed by atoms with E-state index in [-0.39, 0.29) is 24.9 Å². The van der Waals surface area contributed by atoms with Crippen LogP contribution in [0.15, 0.2) is 18.2 Å². The molecule has 0 radical (unpaired) electrons. The fourth-order valence-corrected chi connectivity index (χ4v) is 3.34. The molecule has 0 saturated heterocycles. The monoisotopic (exact) mass is 366 g/mol. The molecule has 1 N–H and O–H groups in total. The van der Waals surface area contributed by atoms with Gasteiger partial charge in [0.05, 0.1) is 18.5 Å². The maximum Gasteiger partial charge on any atom is 0.232 e. The highest BCUT2D eigenvalue weighted by Crippen LogP contribution is 2.26. The summed E-state index contributed by atoms with van der Waals surface area (Å²) in [5, 5.41) is 3.40. The number of carbonyl (C=O) groups is 1. The zero-order chi connectivity index (χ0) is 16.9. The average molecular weight is 367 g/mol. The summed E-state index contributed by atoms with van der Waals surface area (Å²) in [6.45, 7) is 4.20. The van der Waals surface area contributed by atoms with Crippen molar-refractivity contribution in [2.75, 3.05) is 23.7 Å². The Hall–Kier alpha value is -0.980. The number of anilines is 1. The highest BCUT2D eigenvalue weighted by Gasteiger charge is 2.18. The van der Waals surface area contributed by atoms with E-state index < -0.39 is 10.0 Å². The minimum absolute atomic E-state index is 0.104. The summed E-state index contributed by atoms with van der Waals surface area (Å²) in [7, 11) is -3.51. The Kier molecular flexibility index (Phi) is 6.97. The molecule has 0 aliphatic carbocycles. The van der Waals surface area contributed by atoms with E-state index in [0.717, 1.165) is 6.26 Å². The molecule has 0 unspecified atom stereocenters. The second kappa shape index (κ2) is 8.04. The van der Waals surface area contributed by atoms with E-state index in [1.165, 1.54) is 22.5 Å². The average Bonchev–Trinajstić information content (AvgIpc) is 2.30. The molecular weight excluding hydrogens is 347 g/mol. The molecule has 1 aromatic rings. The van der Waals surface area contributed by atoms with E-state index in [0.29, 0.717) is 22.2 Å². The molecule has 0 aromatic heterocycles. The van der Waals surface area contributed by atoms with Crippen LogP contribution in [-0.4, -0.2) is 33.7 Å². The largest absolute Gasteiger partial charge is 0.354 e. The first-order valence-corrected chi connectivity index (χ1v) is 9.40. The lowest BCUT2D eigenvalue weighted by molar-refractivity contribution is -0.121. The van der Waals surface area contributed by atoms with Crippen LogP contribution in [0.4, 0.5) is 5.69 Å². The van der Waals surface area contributed by atoms with E-state index in [4.69, 9.17) is 23.2 Å². The molecule has 0 spiro atoms. The third kappa shape index (κ3) is 6.42. The Balaban J connectivity index is 2.81. The third-order valence-electron chi connectivity index (χ3n) is 2.77. The fourth-order valence-electron chi connectivity index (χ4n) is 1.91. The number of amides is 1. The third-order valence-corrected chi connectivity index (χ3v) is 4.40. The van der Waals surface area contributed by atoms with Gasteiger partial charge in [-0.3, -0.25) is 9.10 Å². The van der Waals surface area contributed by atoms with Gasteiger partial charge in [0.25, 0.3) is 0 Å². The summed E-state index contributed by atoms with van der Waals surface area (Å²) in [6.07, 6.45) is 1.50. The second-order valence-electron chi connectivity index (χ2n) is 5.41. The van der Waals surface area contributed by atoms with Crippen molar-refractivity contribution in [3.8, 4) is 0 Å². The van der Waals surface area contributed by atoms with Gasteiger partial charge in [-0.25, -0.2) is 8.42 Å². The smallest absolute Gasteiger partial charge is 0.232 e. The number of halogens is 2. The molecule has 124 valence electrons. The Morgan fingerprint density at radius 3 is 2.23 bits per heavy atom. The molecule has 0 fully saturated rings. The Morgan fingerprint density at radius 1 is 1.23 bits per heavy atom. The number of carbonyl (C=O) groups excluding carboxylic acids is 1. The van der Waals surface area contributed by atoms with Gasteiger partial charge in [0.15, 0.2) is 0 Å². The lowest BCUT2D eigenvalue weighted by Gasteiger charge is -2.23. The Labute approximate surface area is 141 Å². The van der Waals surface area contributed by atoms with Crippen LogP contribution in [0.25, 0.3) is 0 Å². The maximum atomic E-state index is 11.9. The summed E-state index contributed by atoms with van der Waals surface area (Å²) < 4.78 is 25.0. The van der Waals surface area contributed by atoms with Crippen LogP contribution in [-0.2, 0) is 14.8 Å². The van der Waals surface area contributed by atoms with Gasteiger partial charge in [-0.2, -0.15) is 0 Å². The van der Waals surface area contributed by atoms with Crippen LogP contribution in [0, 0.1) is 5.92 Å². The Morgan fingerprint density at radius 2 is 1.77 bits per heavy atom. The standard InChI is InChI=1S/C14H20Cl2N2O3S/c1-10(2)6-14(19)17-4-5-18(22(3,20)21)13-8-11(15)7-12(16)9-13/h7-10H,4-6H2,1-3H3,(H,17,19). The maximum absolute atomic E-state index is 11.9. The molecule has 0 atom stereocenters. The molecule has 0 saturated carbocycles. The molecule has 1 rings (SSSR count). The van der Waals surface area contributed by atoms with Crippen molar-refractivity contribution in [1.29, 1.82) is 0 Å². The van der Waals surface area contributed by atoms with E-state index in [1.54, 1.807) is 0 Å². The first-order valence-electron chi connectivity index (χ1n) is 6.80. The van der Waals surface area contributed by atoms with Crippen LogP contribution in [0.2, 0.25) is 10.0 Å². The van der Waals surface area contributed by atoms with Crippen LogP contribution in [0.3, 0.4) is 0 Å². The number of nitrogens with zero attached hydrogens (tertiary/aromatic N) is 1. The van der Waals surface area contributed by atoms with Crippen LogP contribution in [0.1, 0.15) is 20.3 Å². The van der Waals surface area contributed by atoms with E-state index in [1.807, 2.05) is 13.8 Å². The molecule has 1 aromatic carbocycles.